The Hall–Kier alpha value is -1.63. The summed E-state index contributed by atoms with van der Waals surface area (Å²) in [5.41, 5.74) is 0.571. The molecule has 0 saturated heterocycles. The van der Waals surface area contributed by atoms with Crippen LogP contribution in [0, 0.1) is 0 Å². The van der Waals surface area contributed by atoms with Gasteiger partial charge >= 0.3 is 0 Å². The van der Waals surface area contributed by atoms with E-state index in [2.05, 4.69) is 0 Å². The zero-order chi connectivity index (χ0) is 10.0. The minimum Gasteiger partial charge on any atom is -0.293 e. The normalized spacial score (nSPS) is 25.4. The topological polar surface area (TPSA) is 17.1 Å². The zero-order valence-corrected chi connectivity index (χ0v) is 8.10. The predicted octanol–water partition coefficient (Wildman–Crippen LogP) is 2.64. The lowest BCUT2D eigenvalue weighted by Crippen LogP contribution is -2.30. The van der Waals surface area contributed by atoms with E-state index in [0.717, 1.165) is 5.56 Å². The summed E-state index contributed by atoms with van der Waals surface area (Å²) in [6, 6.07) is 9.85. The molecule has 1 aromatic carbocycles. The summed E-state index contributed by atoms with van der Waals surface area (Å²) >= 11 is 0. The van der Waals surface area contributed by atoms with Crippen molar-refractivity contribution in [1.82, 2.24) is 0 Å². The van der Waals surface area contributed by atoms with E-state index in [0.29, 0.717) is 0 Å². The third-order valence-corrected chi connectivity index (χ3v) is 2.67. The molecular weight excluding hydrogens is 172 g/mol. The van der Waals surface area contributed by atoms with Gasteiger partial charge in [-0.25, -0.2) is 0 Å². The Labute approximate surface area is 83.8 Å². The van der Waals surface area contributed by atoms with Crippen LogP contribution in [-0.4, -0.2) is 5.78 Å². The molecule has 0 spiro atoms. The van der Waals surface area contributed by atoms with E-state index in [4.69, 9.17) is 0 Å². The summed E-state index contributed by atoms with van der Waals surface area (Å²) in [7, 11) is 0. The Morgan fingerprint density at radius 1 is 1.07 bits per heavy atom. The van der Waals surface area contributed by atoms with E-state index in [1.54, 1.807) is 12.2 Å². The van der Waals surface area contributed by atoms with Crippen LogP contribution in [0.1, 0.15) is 12.5 Å². The number of rotatable bonds is 1. The third-order valence-electron chi connectivity index (χ3n) is 2.67. The standard InChI is InChI=1S/C13H12O/c1-13(10-6-5-9-12(13)14)11-7-3-2-4-8-11/h2-10H,1H3/t13-/m1/s1. The number of carbonyl (C=O) groups is 1. The lowest BCUT2D eigenvalue weighted by molar-refractivity contribution is -0.118. The smallest absolute Gasteiger partial charge is 0.169 e. The van der Waals surface area contributed by atoms with Gasteiger partial charge in [-0.15, -0.1) is 0 Å². The number of hydrogen-bond donors (Lipinski definition) is 0. The van der Waals surface area contributed by atoms with Gasteiger partial charge < -0.3 is 0 Å². The van der Waals surface area contributed by atoms with Gasteiger partial charge in [0.15, 0.2) is 5.78 Å². The first-order valence-electron chi connectivity index (χ1n) is 4.69. The molecule has 1 nitrogen and oxygen atoms in total. The van der Waals surface area contributed by atoms with Gasteiger partial charge in [-0.2, -0.15) is 0 Å². The quantitative estimate of drug-likeness (QED) is 0.655. The largest absolute Gasteiger partial charge is 0.293 e. The first-order valence-corrected chi connectivity index (χ1v) is 4.69. The van der Waals surface area contributed by atoms with Crippen molar-refractivity contribution in [2.24, 2.45) is 0 Å². The minimum absolute atomic E-state index is 0.145. The molecule has 14 heavy (non-hydrogen) atoms. The second-order valence-corrected chi connectivity index (χ2v) is 3.65. The monoisotopic (exact) mass is 184 g/mol. The maximum absolute atomic E-state index is 11.8. The van der Waals surface area contributed by atoms with E-state index in [9.17, 15) is 4.79 Å². The van der Waals surface area contributed by atoms with Crippen LogP contribution in [0.5, 0.6) is 0 Å². The fraction of sp³-hybridized carbons (Fsp3) is 0.154. The Balaban J connectivity index is 2.47. The molecule has 1 atom stereocenters. The summed E-state index contributed by atoms with van der Waals surface area (Å²) in [6.45, 7) is 1.95. The number of benzene rings is 1. The summed E-state index contributed by atoms with van der Waals surface area (Å²) in [5.74, 6) is 0.145. The van der Waals surface area contributed by atoms with Crippen LogP contribution >= 0.6 is 0 Å². The molecule has 0 N–H and O–H groups in total. The van der Waals surface area contributed by atoms with E-state index in [1.807, 2.05) is 49.4 Å². The highest BCUT2D eigenvalue weighted by atomic mass is 16.1. The molecule has 0 aromatic heterocycles. The molecular formula is C13H12O. The van der Waals surface area contributed by atoms with Crippen molar-refractivity contribution in [1.29, 1.82) is 0 Å². The van der Waals surface area contributed by atoms with Gasteiger partial charge in [-0.3, -0.25) is 4.79 Å². The van der Waals surface area contributed by atoms with Crippen molar-refractivity contribution in [2.75, 3.05) is 0 Å². The highest BCUT2D eigenvalue weighted by Crippen LogP contribution is 2.28. The van der Waals surface area contributed by atoms with Crippen LogP contribution in [0.3, 0.4) is 0 Å². The Morgan fingerprint density at radius 3 is 2.43 bits per heavy atom. The maximum atomic E-state index is 11.8. The average Bonchev–Trinajstić information content (AvgIpc) is 2.24. The molecule has 0 bridgehead atoms. The number of carbonyl (C=O) groups excluding carboxylic acids is 1. The van der Waals surface area contributed by atoms with E-state index >= 15 is 0 Å². The fourth-order valence-corrected chi connectivity index (χ4v) is 1.67. The predicted molar refractivity (Wildman–Crippen MR) is 57.1 cm³/mol. The zero-order valence-electron chi connectivity index (χ0n) is 8.10. The maximum Gasteiger partial charge on any atom is 0.169 e. The highest BCUT2D eigenvalue weighted by molar-refractivity contribution is 6.01. The molecule has 1 aliphatic rings. The van der Waals surface area contributed by atoms with E-state index in [-0.39, 0.29) is 5.78 Å². The number of ketones is 1. The van der Waals surface area contributed by atoms with Crippen LogP contribution in [0.15, 0.2) is 54.6 Å². The first-order chi connectivity index (χ1) is 6.73. The van der Waals surface area contributed by atoms with Crippen molar-refractivity contribution in [3.05, 3.63) is 60.2 Å². The Bertz CT molecular complexity index is 401. The summed E-state index contributed by atoms with van der Waals surface area (Å²) in [4.78, 5) is 11.8. The summed E-state index contributed by atoms with van der Waals surface area (Å²) in [5, 5.41) is 0. The van der Waals surface area contributed by atoms with Gasteiger partial charge in [-0.05, 0) is 18.6 Å². The van der Waals surface area contributed by atoms with Crippen molar-refractivity contribution in [3.8, 4) is 0 Å². The fourth-order valence-electron chi connectivity index (χ4n) is 1.67. The molecule has 0 fully saturated rings. The number of hydrogen-bond acceptors (Lipinski definition) is 1. The van der Waals surface area contributed by atoms with Crippen LogP contribution in [0.4, 0.5) is 0 Å². The van der Waals surface area contributed by atoms with Gasteiger partial charge in [0, 0.05) is 0 Å². The van der Waals surface area contributed by atoms with Crippen molar-refractivity contribution < 1.29 is 4.79 Å². The van der Waals surface area contributed by atoms with Crippen LogP contribution in [0.2, 0.25) is 0 Å². The van der Waals surface area contributed by atoms with E-state index < -0.39 is 5.41 Å². The average molecular weight is 184 g/mol. The lowest BCUT2D eigenvalue weighted by Gasteiger charge is -2.25. The van der Waals surface area contributed by atoms with Crippen LogP contribution in [-0.2, 0) is 10.2 Å². The second kappa shape index (κ2) is 3.26. The molecule has 2 rings (SSSR count). The van der Waals surface area contributed by atoms with Crippen LogP contribution in [0.25, 0.3) is 0 Å². The molecule has 1 aliphatic carbocycles. The van der Waals surface area contributed by atoms with Crippen molar-refractivity contribution in [3.63, 3.8) is 0 Å². The number of allylic oxidation sites excluding steroid dienone is 4. The summed E-state index contributed by atoms with van der Waals surface area (Å²) < 4.78 is 0. The molecule has 0 radical (unpaired) electrons. The van der Waals surface area contributed by atoms with Gasteiger partial charge in [0.05, 0.1) is 5.41 Å². The van der Waals surface area contributed by atoms with Gasteiger partial charge in [-0.1, -0.05) is 48.6 Å². The lowest BCUT2D eigenvalue weighted by atomic mass is 9.76. The molecule has 70 valence electrons. The van der Waals surface area contributed by atoms with Gasteiger partial charge in [0.1, 0.15) is 0 Å². The Kier molecular flexibility index (Phi) is 2.08. The third kappa shape index (κ3) is 1.31. The first kappa shape index (κ1) is 8.95. The molecule has 1 heteroatoms. The molecule has 0 heterocycles. The summed E-state index contributed by atoms with van der Waals surface area (Å²) in [6.07, 6.45) is 7.29. The molecule has 0 unspecified atom stereocenters. The van der Waals surface area contributed by atoms with Crippen LogP contribution < -0.4 is 0 Å². The van der Waals surface area contributed by atoms with E-state index in [1.165, 1.54) is 0 Å². The highest BCUT2D eigenvalue weighted by Gasteiger charge is 2.31. The van der Waals surface area contributed by atoms with Gasteiger partial charge in [0.25, 0.3) is 0 Å². The molecule has 1 aromatic rings. The molecule has 0 aliphatic heterocycles. The molecule has 0 amide bonds. The molecule has 0 saturated carbocycles. The van der Waals surface area contributed by atoms with Gasteiger partial charge in [0.2, 0.25) is 0 Å². The van der Waals surface area contributed by atoms with Crippen molar-refractivity contribution in [2.45, 2.75) is 12.3 Å². The Morgan fingerprint density at radius 2 is 1.79 bits per heavy atom. The second-order valence-electron chi connectivity index (χ2n) is 3.65. The minimum atomic E-state index is -0.476. The SMILES string of the molecule is C[C@]1(c2ccccc2)C=CC=CC1=O. The van der Waals surface area contributed by atoms with Crippen molar-refractivity contribution >= 4 is 5.78 Å².